The molecule has 0 spiro atoms. The zero-order chi connectivity index (χ0) is 14.6. The van der Waals surface area contributed by atoms with E-state index < -0.39 is 5.41 Å². The van der Waals surface area contributed by atoms with E-state index in [-0.39, 0.29) is 5.91 Å². The van der Waals surface area contributed by atoms with Crippen LogP contribution in [-0.4, -0.2) is 5.91 Å². The summed E-state index contributed by atoms with van der Waals surface area (Å²) in [7, 11) is 0. The second kappa shape index (κ2) is 5.91. The summed E-state index contributed by atoms with van der Waals surface area (Å²) in [6, 6.07) is 18.1. The Morgan fingerprint density at radius 2 is 1.60 bits per heavy atom. The highest BCUT2D eigenvalue weighted by molar-refractivity contribution is 5.87. The first-order valence-electron chi connectivity index (χ1n) is 6.89. The van der Waals surface area contributed by atoms with Crippen LogP contribution in [0.15, 0.2) is 54.6 Å². The van der Waals surface area contributed by atoms with Gasteiger partial charge in [0.05, 0.1) is 5.41 Å². The van der Waals surface area contributed by atoms with Crippen LogP contribution >= 0.6 is 0 Å². The van der Waals surface area contributed by atoms with Gasteiger partial charge in [-0.25, -0.2) is 0 Å². The third-order valence-electron chi connectivity index (χ3n) is 3.64. The van der Waals surface area contributed by atoms with E-state index in [2.05, 4.69) is 24.4 Å². The van der Waals surface area contributed by atoms with E-state index in [0.29, 0.717) is 6.54 Å². The van der Waals surface area contributed by atoms with Crippen molar-refractivity contribution in [3.05, 3.63) is 71.3 Å². The highest BCUT2D eigenvalue weighted by atomic mass is 16.2. The molecule has 1 amide bonds. The van der Waals surface area contributed by atoms with Crippen molar-refractivity contribution in [2.24, 2.45) is 0 Å². The number of benzene rings is 2. The lowest BCUT2D eigenvalue weighted by atomic mass is 9.84. The summed E-state index contributed by atoms with van der Waals surface area (Å²) < 4.78 is 0. The van der Waals surface area contributed by atoms with Crippen LogP contribution in [0.4, 0.5) is 0 Å². The van der Waals surface area contributed by atoms with Crippen LogP contribution in [0.25, 0.3) is 0 Å². The number of amides is 1. The largest absolute Gasteiger partial charge is 0.351 e. The molecule has 0 aliphatic carbocycles. The van der Waals surface area contributed by atoms with E-state index in [1.54, 1.807) is 0 Å². The van der Waals surface area contributed by atoms with Gasteiger partial charge >= 0.3 is 0 Å². The van der Waals surface area contributed by atoms with Gasteiger partial charge in [-0.3, -0.25) is 4.79 Å². The van der Waals surface area contributed by atoms with Crippen molar-refractivity contribution >= 4 is 5.91 Å². The fourth-order valence-electron chi connectivity index (χ4n) is 2.10. The number of nitrogens with one attached hydrogen (secondary N) is 1. The van der Waals surface area contributed by atoms with Gasteiger partial charge in [0.1, 0.15) is 0 Å². The third kappa shape index (κ3) is 3.27. The Morgan fingerprint density at radius 1 is 1.00 bits per heavy atom. The molecule has 1 N–H and O–H groups in total. The maximum Gasteiger partial charge on any atom is 0.230 e. The van der Waals surface area contributed by atoms with Crippen molar-refractivity contribution in [1.82, 2.24) is 5.32 Å². The predicted octanol–water partition coefficient (Wildman–Crippen LogP) is 3.59. The molecule has 2 aromatic rings. The van der Waals surface area contributed by atoms with Crippen LogP contribution in [0.5, 0.6) is 0 Å². The molecule has 104 valence electrons. The first-order chi connectivity index (χ1) is 9.50. The Morgan fingerprint density at radius 3 is 2.20 bits per heavy atom. The standard InChI is InChI=1S/C18H21NO/c1-14-9-11-15(12-10-14)13-19-17(20)18(2,3)16-7-5-4-6-8-16/h4-12H,13H2,1-3H3,(H,19,20). The molecule has 0 bridgehead atoms. The van der Waals surface area contributed by atoms with E-state index in [1.807, 2.05) is 56.3 Å². The zero-order valence-electron chi connectivity index (χ0n) is 12.3. The van der Waals surface area contributed by atoms with Crippen molar-refractivity contribution in [1.29, 1.82) is 0 Å². The SMILES string of the molecule is Cc1ccc(CNC(=O)C(C)(C)c2ccccc2)cc1. The summed E-state index contributed by atoms with van der Waals surface area (Å²) >= 11 is 0. The van der Waals surface area contributed by atoms with E-state index in [0.717, 1.165) is 11.1 Å². The molecule has 0 saturated heterocycles. The van der Waals surface area contributed by atoms with Crippen LogP contribution in [-0.2, 0) is 16.8 Å². The topological polar surface area (TPSA) is 29.1 Å². The van der Waals surface area contributed by atoms with Gasteiger partial charge in [-0.05, 0) is 31.9 Å². The second-order valence-corrected chi connectivity index (χ2v) is 5.66. The summed E-state index contributed by atoms with van der Waals surface area (Å²) in [6.45, 7) is 6.52. The van der Waals surface area contributed by atoms with Crippen molar-refractivity contribution in [2.75, 3.05) is 0 Å². The molecule has 0 fully saturated rings. The summed E-state index contributed by atoms with van der Waals surface area (Å²) in [5.41, 5.74) is 2.85. The predicted molar refractivity (Wildman–Crippen MR) is 82.5 cm³/mol. The van der Waals surface area contributed by atoms with E-state index >= 15 is 0 Å². The number of carbonyl (C=O) groups is 1. The fraction of sp³-hybridized carbons (Fsp3) is 0.278. The number of aryl methyl sites for hydroxylation is 1. The normalized spacial score (nSPS) is 11.2. The molecule has 0 unspecified atom stereocenters. The Bertz CT molecular complexity index is 570. The molecule has 0 heterocycles. The highest BCUT2D eigenvalue weighted by Crippen LogP contribution is 2.23. The maximum absolute atomic E-state index is 12.4. The van der Waals surface area contributed by atoms with Gasteiger partial charge in [0.15, 0.2) is 0 Å². The summed E-state index contributed by atoms with van der Waals surface area (Å²) in [6.07, 6.45) is 0. The molecule has 2 nitrogen and oxygen atoms in total. The van der Waals surface area contributed by atoms with E-state index in [4.69, 9.17) is 0 Å². The second-order valence-electron chi connectivity index (χ2n) is 5.66. The Labute approximate surface area is 120 Å². The van der Waals surface area contributed by atoms with Crippen molar-refractivity contribution in [3.8, 4) is 0 Å². The van der Waals surface area contributed by atoms with E-state index in [9.17, 15) is 4.79 Å². The first-order valence-corrected chi connectivity index (χ1v) is 6.89. The quantitative estimate of drug-likeness (QED) is 0.901. The summed E-state index contributed by atoms with van der Waals surface area (Å²) in [5.74, 6) is 0.0456. The van der Waals surface area contributed by atoms with Crippen LogP contribution in [0, 0.1) is 6.92 Å². The van der Waals surface area contributed by atoms with Gasteiger partial charge in [-0.1, -0.05) is 60.2 Å². The van der Waals surface area contributed by atoms with Gasteiger partial charge in [0.25, 0.3) is 0 Å². The van der Waals surface area contributed by atoms with E-state index in [1.165, 1.54) is 5.56 Å². The highest BCUT2D eigenvalue weighted by Gasteiger charge is 2.29. The molecule has 0 atom stereocenters. The van der Waals surface area contributed by atoms with Crippen LogP contribution in [0.3, 0.4) is 0 Å². The molecule has 2 aromatic carbocycles. The lowest BCUT2D eigenvalue weighted by Gasteiger charge is -2.24. The fourth-order valence-corrected chi connectivity index (χ4v) is 2.10. The number of rotatable bonds is 4. The maximum atomic E-state index is 12.4. The number of hydrogen-bond donors (Lipinski definition) is 1. The van der Waals surface area contributed by atoms with Crippen molar-refractivity contribution < 1.29 is 4.79 Å². The Balaban J connectivity index is 2.03. The minimum atomic E-state index is -0.522. The van der Waals surface area contributed by atoms with Crippen LogP contribution < -0.4 is 5.32 Å². The molecule has 0 aliphatic rings. The van der Waals surface area contributed by atoms with Gasteiger partial charge in [0, 0.05) is 6.54 Å². The molecule has 2 heteroatoms. The molecule has 0 aliphatic heterocycles. The average molecular weight is 267 g/mol. The first kappa shape index (κ1) is 14.3. The zero-order valence-corrected chi connectivity index (χ0v) is 12.3. The van der Waals surface area contributed by atoms with Gasteiger partial charge in [-0.2, -0.15) is 0 Å². The lowest BCUT2D eigenvalue weighted by Crippen LogP contribution is -2.39. The Kier molecular flexibility index (Phi) is 4.23. The monoisotopic (exact) mass is 267 g/mol. The van der Waals surface area contributed by atoms with Crippen LogP contribution in [0.2, 0.25) is 0 Å². The lowest BCUT2D eigenvalue weighted by molar-refractivity contribution is -0.125. The molecule has 0 radical (unpaired) electrons. The number of hydrogen-bond acceptors (Lipinski definition) is 1. The molecule has 0 saturated carbocycles. The summed E-state index contributed by atoms with van der Waals surface area (Å²) in [5, 5.41) is 3.02. The minimum absolute atomic E-state index is 0.0456. The third-order valence-corrected chi connectivity index (χ3v) is 3.64. The van der Waals surface area contributed by atoms with Gasteiger partial charge < -0.3 is 5.32 Å². The van der Waals surface area contributed by atoms with Gasteiger partial charge in [0.2, 0.25) is 5.91 Å². The van der Waals surface area contributed by atoms with Crippen LogP contribution in [0.1, 0.15) is 30.5 Å². The molecule has 20 heavy (non-hydrogen) atoms. The van der Waals surface area contributed by atoms with Crippen molar-refractivity contribution in [2.45, 2.75) is 32.7 Å². The molecule has 2 rings (SSSR count). The number of carbonyl (C=O) groups excluding carboxylic acids is 1. The summed E-state index contributed by atoms with van der Waals surface area (Å²) in [4.78, 5) is 12.4. The van der Waals surface area contributed by atoms with Crippen molar-refractivity contribution in [3.63, 3.8) is 0 Å². The van der Waals surface area contributed by atoms with Gasteiger partial charge in [-0.15, -0.1) is 0 Å². The minimum Gasteiger partial charge on any atom is -0.351 e. The Hall–Kier alpha value is -2.09. The molecular weight excluding hydrogens is 246 g/mol. The molecule has 0 aromatic heterocycles. The average Bonchev–Trinajstić information content (AvgIpc) is 2.47. The molecular formula is C18H21NO. The smallest absolute Gasteiger partial charge is 0.230 e.